The van der Waals surface area contributed by atoms with E-state index in [9.17, 15) is 0 Å². The van der Waals surface area contributed by atoms with Crippen LogP contribution in [0.1, 0.15) is 35.3 Å². The number of hydrogen-bond donors (Lipinski definition) is 2. The van der Waals surface area contributed by atoms with Crippen LogP contribution in [0.25, 0.3) is 0 Å². The van der Waals surface area contributed by atoms with Gasteiger partial charge in [-0.1, -0.05) is 6.92 Å². The first kappa shape index (κ1) is 21.8. The molecule has 2 aromatic heterocycles. The number of halogens is 1. The topological polar surface area (TPSA) is 80.0 Å². The number of aryl methyl sites for hydroxylation is 3. The van der Waals surface area contributed by atoms with Gasteiger partial charge in [-0.15, -0.1) is 45.5 Å². The molecule has 2 rings (SSSR count). The zero-order valence-corrected chi connectivity index (χ0v) is 18.5. The van der Waals surface area contributed by atoms with Crippen molar-refractivity contribution in [1.29, 1.82) is 0 Å². The summed E-state index contributed by atoms with van der Waals surface area (Å²) in [5.41, 5.74) is 1.13. The Hall–Kier alpha value is -1.23. The summed E-state index contributed by atoms with van der Waals surface area (Å²) in [4.78, 5) is 10.4. The average molecular weight is 477 g/mol. The fourth-order valence-corrected chi connectivity index (χ4v) is 3.38. The van der Waals surface area contributed by atoms with Crippen molar-refractivity contribution in [3.8, 4) is 0 Å². The predicted molar refractivity (Wildman–Crippen MR) is 114 cm³/mol. The first-order chi connectivity index (χ1) is 11.6. The number of rotatable bonds is 8. The number of hydrogen-bond acceptors (Lipinski definition) is 5. The minimum absolute atomic E-state index is 0. The molecule has 140 valence electrons. The van der Waals surface area contributed by atoms with Gasteiger partial charge in [0.15, 0.2) is 5.96 Å². The lowest BCUT2D eigenvalue weighted by molar-refractivity contribution is 0.632. The lowest BCUT2D eigenvalue weighted by Gasteiger charge is -2.12. The maximum absolute atomic E-state index is 4.65. The monoisotopic (exact) mass is 477 g/mol. The Bertz CT molecular complexity index is 665. The zero-order chi connectivity index (χ0) is 17.4. The highest BCUT2D eigenvalue weighted by Gasteiger charge is 2.05. The second-order valence-electron chi connectivity index (χ2n) is 5.47. The molecule has 2 aromatic rings. The van der Waals surface area contributed by atoms with Crippen LogP contribution in [0.5, 0.6) is 0 Å². The SMILES string of the molecule is CCNC(=NCCc1sc(C)nc1C)NCCn1cnnc1CC.I. The predicted octanol–water partition coefficient (Wildman–Crippen LogP) is 2.33. The zero-order valence-electron chi connectivity index (χ0n) is 15.4. The standard InChI is InChI=1S/C16H27N7S.HI/c1-5-15-22-20-11-23(15)10-9-19-16(17-6-2)18-8-7-14-12(3)21-13(4)24-14;/h11H,5-10H2,1-4H3,(H2,17,18,19);1H. The molecule has 0 spiro atoms. The van der Waals surface area contributed by atoms with Crippen LogP contribution in [-0.4, -0.2) is 45.3 Å². The van der Waals surface area contributed by atoms with Gasteiger partial charge in [-0.2, -0.15) is 0 Å². The lowest BCUT2D eigenvalue weighted by Crippen LogP contribution is -2.39. The normalized spacial score (nSPS) is 11.3. The molecule has 25 heavy (non-hydrogen) atoms. The number of aliphatic imine (C=N–C) groups is 1. The summed E-state index contributed by atoms with van der Waals surface area (Å²) < 4.78 is 2.07. The van der Waals surface area contributed by atoms with Crippen molar-refractivity contribution < 1.29 is 0 Å². The molecule has 0 aliphatic rings. The third kappa shape index (κ3) is 6.89. The number of nitrogens with one attached hydrogen (secondary N) is 2. The van der Waals surface area contributed by atoms with Gasteiger partial charge in [-0.05, 0) is 20.8 Å². The average Bonchev–Trinajstić information content (AvgIpc) is 3.13. The van der Waals surface area contributed by atoms with E-state index < -0.39 is 0 Å². The van der Waals surface area contributed by atoms with Gasteiger partial charge in [0.2, 0.25) is 0 Å². The van der Waals surface area contributed by atoms with Gasteiger partial charge in [0, 0.05) is 43.9 Å². The Morgan fingerprint density at radius 2 is 2.08 bits per heavy atom. The van der Waals surface area contributed by atoms with Gasteiger partial charge < -0.3 is 15.2 Å². The Morgan fingerprint density at radius 1 is 1.28 bits per heavy atom. The molecule has 0 atom stereocenters. The van der Waals surface area contributed by atoms with E-state index >= 15 is 0 Å². The van der Waals surface area contributed by atoms with Crippen LogP contribution in [0.2, 0.25) is 0 Å². The van der Waals surface area contributed by atoms with Crippen LogP contribution >= 0.6 is 35.3 Å². The Balaban J connectivity index is 0.00000312. The summed E-state index contributed by atoms with van der Waals surface area (Å²) in [6, 6.07) is 0. The fraction of sp³-hybridized carbons (Fsp3) is 0.625. The van der Waals surface area contributed by atoms with Crippen LogP contribution in [0.15, 0.2) is 11.3 Å². The molecule has 7 nitrogen and oxygen atoms in total. The summed E-state index contributed by atoms with van der Waals surface area (Å²) in [6.45, 7) is 11.5. The van der Waals surface area contributed by atoms with Crippen molar-refractivity contribution in [2.24, 2.45) is 4.99 Å². The maximum Gasteiger partial charge on any atom is 0.191 e. The van der Waals surface area contributed by atoms with E-state index in [1.165, 1.54) is 4.88 Å². The molecule has 0 bridgehead atoms. The summed E-state index contributed by atoms with van der Waals surface area (Å²) in [7, 11) is 0. The molecule has 0 aliphatic carbocycles. The van der Waals surface area contributed by atoms with Gasteiger partial charge in [0.05, 0.1) is 10.7 Å². The number of nitrogens with zero attached hydrogens (tertiary/aromatic N) is 5. The van der Waals surface area contributed by atoms with Crippen LogP contribution in [-0.2, 0) is 19.4 Å². The Morgan fingerprint density at radius 3 is 2.72 bits per heavy atom. The minimum Gasteiger partial charge on any atom is -0.357 e. The van der Waals surface area contributed by atoms with E-state index in [0.717, 1.165) is 61.5 Å². The number of thiazole rings is 1. The highest BCUT2D eigenvalue weighted by atomic mass is 127. The Kier molecular flexibility index (Phi) is 9.94. The van der Waals surface area contributed by atoms with Crippen molar-refractivity contribution in [3.63, 3.8) is 0 Å². The lowest BCUT2D eigenvalue weighted by atomic mass is 10.3. The minimum atomic E-state index is 0. The van der Waals surface area contributed by atoms with E-state index in [1.807, 2.05) is 6.92 Å². The maximum atomic E-state index is 4.65. The van der Waals surface area contributed by atoms with Gasteiger partial charge >= 0.3 is 0 Å². The number of aromatic nitrogens is 4. The molecule has 0 unspecified atom stereocenters. The van der Waals surface area contributed by atoms with Gasteiger partial charge in [0.25, 0.3) is 0 Å². The van der Waals surface area contributed by atoms with Crippen molar-refractivity contribution in [2.45, 2.75) is 47.1 Å². The largest absolute Gasteiger partial charge is 0.357 e. The van der Waals surface area contributed by atoms with Crippen LogP contribution < -0.4 is 10.6 Å². The summed E-state index contributed by atoms with van der Waals surface area (Å²) in [5, 5.41) is 15.8. The molecule has 0 saturated carbocycles. The summed E-state index contributed by atoms with van der Waals surface area (Å²) in [6.07, 6.45) is 3.60. The van der Waals surface area contributed by atoms with Crippen molar-refractivity contribution in [2.75, 3.05) is 19.6 Å². The number of guanidine groups is 1. The third-order valence-electron chi connectivity index (χ3n) is 3.61. The van der Waals surface area contributed by atoms with E-state index in [1.54, 1.807) is 17.7 Å². The molecule has 2 heterocycles. The van der Waals surface area contributed by atoms with Gasteiger partial charge in [-0.3, -0.25) is 4.99 Å². The molecule has 0 radical (unpaired) electrons. The van der Waals surface area contributed by atoms with Crippen LogP contribution in [0.4, 0.5) is 0 Å². The molecule has 2 N–H and O–H groups in total. The molecule has 0 saturated heterocycles. The van der Waals surface area contributed by atoms with Crippen molar-refractivity contribution in [1.82, 2.24) is 30.4 Å². The van der Waals surface area contributed by atoms with Crippen LogP contribution in [0, 0.1) is 13.8 Å². The highest BCUT2D eigenvalue weighted by molar-refractivity contribution is 14.0. The molecule has 0 amide bonds. The molecule has 0 aliphatic heterocycles. The van der Waals surface area contributed by atoms with Crippen molar-refractivity contribution >= 4 is 41.3 Å². The second kappa shape index (κ2) is 11.4. The molecular formula is C16H28IN7S. The highest BCUT2D eigenvalue weighted by Crippen LogP contribution is 2.17. The van der Waals surface area contributed by atoms with E-state index in [0.29, 0.717) is 0 Å². The van der Waals surface area contributed by atoms with Gasteiger partial charge in [0.1, 0.15) is 12.2 Å². The Labute approximate surface area is 170 Å². The van der Waals surface area contributed by atoms with E-state index in [2.05, 4.69) is 56.1 Å². The second-order valence-corrected chi connectivity index (χ2v) is 6.76. The van der Waals surface area contributed by atoms with E-state index in [4.69, 9.17) is 0 Å². The quantitative estimate of drug-likeness (QED) is 0.347. The molecule has 0 fully saturated rings. The molecule has 0 aromatic carbocycles. The van der Waals surface area contributed by atoms with Gasteiger partial charge in [-0.25, -0.2) is 4.98 Å². The molecule has 9 heteroatoms. The van der Waals surface area contributed by atoms with Crippen LogP contribution in [0.3, 0.4) is 0 Å². The van der Waals surface area contributed by atoms with Crippen molar-refractivity contribution in [3.05, 3.63) is 27.7 Å². The fourth-order valence-electron chi connectivity index (χ4n) is 2.45. The smallest absolute Gasteiger partial charge is 0.191 e. The van der Waals surface area contributed by atoms with E-state index in [-0.39, 0.29) is 24.0 Å². The summed E-state index contributed by atoms with van der Waals surface area (Å²) >= 11 is 1.76. The first-order valence-electron chi connectivity index (χ1n) is 8.45. The summed E-state index contributed by atoms with van der Waals surface area (Å²) in [5.74, 6) is 1.86. The molecular weight excluding hydrogens is 449 g/mol. The first-order valence-corrected chi connectivity index (χ1v) is 9.27. The third-order valence-corrected chi connectivity index (χ3v) is 4.74.